The first-order chi connectivity index (χ1) is 17.2. The second-order valence-corrected chi connectivity index (χ2v) is 11.0. The molecule has 0 atom stereocenters. The van der Waals surface area contributed by atoms with Crippen molar-refractivity contribution in [3.63, 3.8) is 0 Å². The van der Waals surface area contributed by atoms with Crippen molar-refractivity contribution >= 4 is 15.7 Å². The smallest absolute Gasteiger partial charge is 0.354 e. The third-order valence-electron chi connectivity index (χ3n) is 6.06. The molecule has 2 aromatic rings. The molecule has 3 rings (SSSR count). The summed E-state index contributed by atoms with van der Waals surface area (Å²) in [5.41, 5.74) is -5.29. The molecule has 1 aliphatic carbocycles. The van der Waals surface area contributed by atoms with Gasteiger partial charge in [0.2, 0.25) is 0 Å². The molecule has 0 radical (unpaired) electrons. The lowest BCUT2D eigenvalue weighted by atomic mass is 9.91. The summed E-state index contributed by atoms with van der Waals surface area (Å²) in [6, 6.07) is 8.82. The highest BCUT2D eigenvalue weighted by Crippen LogP contribution is 2.53. The number of halogens is 6. The molecule has 0 saturated heterocycles. The van der Waals surface area contributed by atoms with E-state index in [0.29, 0.717) is 24.1 Å². The van der Waals surface area contributed by atoms with E-state index < -0.39 is 45.9 Å². The molecule has 1 fully saturated rings. The summed E-state index contributed by atoms with van der Waals surface area (Å²) >= 11 is 0. The van der Waals surface area contributed by atoms with Crippen LogP contribution in [0.3, 0.4) is 0 Å². The number of hydrogen-bond acceptors (Lipinski definition) is 4. The van der Waals surface area contributed by atoms with Gasteiger partial charge in [-0.15, -0.1) is 0 Å². The molecule has 0 heterocycles. The van der Waals surface area contributed by atoms with Crippen molar-refractivity contribution in [2.75, 3.05) is 12.4 Å². The van der Waals surface area contributed by atoms with Gasteiger partial charge in [-0.1, -0.05) is 37.6 Å². The molecule has 0 aromatic heterocycles. The molecule has 1 amide bonds. The van der Waals surface area contributed by atoms with Gasteiger partial charge in [0, 0.05) is 24.3 Å². The third kappa shape index (κ3) is 6.64. The van der Waals surface area contributed by atoms with Gasteiger partial charge in [0.1, 0.15) is 0 Å². The van der Waals surface area contributed by atoms with E-state index in [1.54, 1.807) is 6.92 Å². The zero-order chi connectivity index (χ0) is 27.5. The van der Waals surface area contributed by atoms with Crippen molar-refractivity contribution in [3.05, 3.63) is 65.2 Å². The monoisotopic (exact) mass is 551 g/mol. The summed E-state index contributed by atoms with van der Waals surface area (Å²) < 4.78 is 112. The highest BCUT2D eigenvalue weighted by atomic mass is 32.2. The van der Waals surface area contributed by atoms with E-state index in [0.717, 1.165) is 25.0 Å². The largest absolute Gasteiger partial charge is 0.430 e. The number of rotatable bonds is 11. The number of amides is 1. The maximum Gasteiger partial charge on any atom is 0.430 e. The van der Waals surface area contributed by atoms with Gasteiger partial charge in [0.15, 0.2) is 9.84 Å². The Hall–Kier alpha value is -2.60. The normalized spacial score (nSPS) is 15.0. The van der Waals surface area contributed by atoms with E-state index in [9.17, 15) is 39.6 Å². The zero-order valence-electron chi connectivity index (χ0n) is 20.0. The Morgan fingerprint density at radius 3 is 2.00 bits per heavy atom. The number of ether oxygens (including phenoxy) is 1. The van der Waals surface area contributed by atoms with E-state index >= 15 is 0 Å². The van der Waals surface area contributed by atoms with Crippen LogP contribution in [-0.4, -0.2) is 39.0 Å². The number of benzene rings is 2. The summed E-state index contributed by atoms with van der Waals surface area (Å²) in [5, 5.41) is 2.51. The average molecular weight is 552 g/mol. The van der Waals surface area contributed by atoms with Crippen LogP contribution in [0.4, 0.5) is 26.3 Å². The van der Waals surface area contributed by atoms with Crippen molar-refractivity contribution in [2.24, 2.45) is 5.92 Å². The highest BCUT2D eigenvalue weighted by molar-refractivity contribution is 7.91. The topological polar surface area (TPSA) is 72.5 Å². The van der Waals surface area contributed by atoms with Crippen molar-refractivity contribution in [1.29, 1.82) is 0 Å². The first kappa shape index (κ1) is 29.0. The van der Waals surface area contributed by atoms with Gasteiger partial charge >= 0.3 is 12.4 Å². The highest BCUT2D eigenvalue weighted by Gasteiger charge is 2.73. The molecule has 1 aliphatic rings. The summed E-state index contributed by atoms with van der Waals surface area (Å²) in [5.74, 6) is -0.448. The molecule has 12 heteroatoms. The lowest BCUT2D eigenvalue weighted by Crippen LogP contribution is -2.56. The van der Waals surface area contributed by atoms with Crippen LogP contribution in [0.25, 0.3) is 0 Å². The first-order valence-corrected chi connectivity index (χ1v) is 13.3. The van der Waals surface area contributed by atoms with Crippen LogP contribution in [0.1, 0.15) is 54.1 Å². The van der Waals surface area contributed by atoms with Gasteiger partial charge in [-0.3, -0.25) is 4.79 Å². The molecule has 0 unspecified atom stereocenters. The Balaban J connectivity index is 1.72. The number of hydrogen-bond donors (Lipinski definition) is 1. The Kier molecular flexibility index (Phi) is 8.63. The fraction of sp³-hybridized carbons (Fsp3) is 0.480. The van der Waals surface area contributed by atoms with Crippen molar-refractivity contribution in [1.82, 2.24) is 5.32 Å². The molecule has 5 nitrogen and oxygen atoms in total. The SMILES string of the molecule is CCCCOC(c1ccc(C(=O)NCc2ccc(S(=O)(=O)CC3CC3)cc2)cc1)(C(F)(F)F)C(F)(F)F. The maximum atomic E-state index is 13.8. The van der Waals surface area contributed by atoms with Crippen LogP contribution in [0.5, 0.6) is 0 Å². The minimum absolute atomic E-state index is 0.00181. The summed E-state index contributed by atoms with van der Waals surface area (Å²) in [7, 11) is -3.39. The summed E-state index contributed by atoms with van der Waals surface area (Å²) in [4.78, 5) is 12.6. The van der Waals surface area contributed by atoms with E-state index in [2.05, 4.69) is 10.1 Å². The maximum absolute atomic E-state index is 13.8. The predicted octanol–water partition coefficient (Wildman–Crippen LogP) is 5.94. The molecule has 0 spiro atoms. The number of unbranched alkanes of at least 4 members (excludes halogenated alkanes) is 1. The van der Waals surface area contributed by atoms with Gasteiger partial charge in [-0.2, -0.15) is 26.3 Å². The van der Waals surface area contributed by atoms with Gasteiger partial charge < -0.3 is 10.1 Å². The van der Waals surface area contributed by atoms with Gasteiger partial charge in [0.25, 0.3) is 11.5 Å². The fourth-order valence-electron chi connectivity index (χ4n) is 3.75. The molecule has 204 valence electrons. The van der Waals surface area contributed by atoms with Crippen LogP contribution in [-0.2, 0) is 26.7 Å². The number of carbonyl (C=O) groups is 1. The molecule has 0 aliphatic heterocycles. The van der Waals surface area contributed by atoms with Gasteiger partial charge in [-0.05, 0) is 55.0 Å². The minimum atomic E-state index is -5.79. The Labute approximate surface area is 211 Å². The van der Waals surface area contributed by atoms with E-state index in [4.69, 9.17) is 0 Å². The predicted molar refractivity (Wildman–Crippen MR) is 123 cm³/mol. The van der Waals surface area contributed by atoms with Crippen LogP contribution >= 0.6 is 0 Å². The standard InChI is InChI=1S/C25H27F6NO4S/c1-2-3-14-36-23(24(26,27)28,25(29,30)31)20-10-8-19(9-11-20)22(33)32-15-17-6-12-21(13-7-17)37(34,35)16-18-4-5-18/h6-13,18H,2-5,14-16H2,1H3,(H,32,33). The molecular formula is C25H27F6NO4S. The second-order valence-electron chi connectivity index (χ2n) is 9.01. The number of alkyl halides is 6. The number of nitrogens with one attached hydrogen (secondary N) is 1. The quantitative estimate of drug-likeness (QED) is 0.277. The average Bonchev–Trinajstić information content (AvgIpc) is 3.62. The van der Waals surface area contributed by atoms with Gasteiger partial charge in [-0.25, -0.2) is 8.42 Å². The van der Waals surface area contributed by atoms with Crippen LogP contribution < -0.4 is 5.32 Å². The lowest BCUT2D eigenvalue weighted by Gasteiger charge is -2.37. The molecule has 1 N–H and O–H groups in total. The van der Waals surface area contributed by atoms with E-state index in [-0.39, 0.29) is 35.1 Å². The molecule has 1 saturated carbocycles. The first-order valence-electron chi connectivity index (χ1n) is 11.7. The number of sulfone groups is 1. The van der Waals surface area contributed by atoms with E-state index in [1.807, 2.05) is 0 Å². The summed E-state index contributed by atoms with van der Waals surface area (Å²) in [6.07, 6.45) is -9.46. The Morgan fingerprint density at radius 2 is 1.51 bits per heavy atom. The third-order valence-corrected chi connectivity index (χ3v) is 7.96. The molecule has 37 heavy (non-hydrogen) atoms. The Bertz CT molecular complexity index is 1160. The van der Waals surface area contributed by atoms with Crippen LogP contribution in [0.2, 0.25) is 0 Å². The van der Waals surface area contributed by atoms with Gasteiger partial charge in [0.05, 0.1) is 10.6 Å². The van der Waals surface area contributed by atoms with Crippen molar-refractivity contribution in [3.8, 4) is 0 Å². The zero-order valence-corrected chi connectivity index (χ0v) is 20.8. The van der Waals surface area contributed by atoms with Crippen molar-refractivity contribution < 1.29 is 44.3 Å². The van der Waals surface area contributed by atoms with Crippen LogP contribution in [0.15, 0.2) is 53.4 Å². The summed E-state index contributed by atoms with van der Waals surface area (Å²) in [6.45, 7) is 0.822. The molecular weight excluding hydrogens is 524 g/mol. The lowest BCUT2D eigenvalue weighted by molar-refractivity contribution is -0.389. The van der Waals surface area contributed by atoms with Crippen molar-refractivity contribution in [2.45, 2.75) is 62.0 Å². The minimum Gasteiger partial charge on any atom is -0.354 e. The molecule has 0 bridgehead atoms. The number of carbonyl (C=O) groups excluding carboxylic acids is 1. The fourth-order valence-corrected chi connectivity index (χ4v) is 5.45. The van der Waals surface area contributed by atoms with Crippen LogP contribution in [0, 0.1) is 5.92 Å². The second kappa shape index (κ2) is 11.0. The Morgan fingerprint density at radius 1 is 0.946 bits per heavy atom. The molecule has 2 aromatic carbocycles. The van der Waals surface area contributed by atoms with E-state index in [1.165, 1.54) is 24.3 Å².